The van der Waals surface area contributed by atoms with Crippen molar-refractivity contribution in [1.82, 2.24) is 10.3 Å². The summed E-state index contributed by atoms with van der Waals surface area (Å²) in [7, 11) is 3.14. The summed E-state index contributed by atoms with van der Waals surface area (Å²) >= 11 is 5.93. The number of benzene rings is 2. The zero-order valence-electron chi connectivity index (χ0n) is 16.4. The number of nitrogens with one attached hydrogen (secondary N) is 1. The lowest BCUT2D eigenvalue weighted by Crippen LogP contribution is -2.25. The highest BCUT2D eigenvalue weighted by Gasteiger charge is 2.10. The van der Waals surface area contributed by atoms with Crippen molar-refractivity contribution in [2.75, 3.05) is 20.8 Å². The van der Waals surface area contributed by atoms with Crippen molar-refractivity contribution in [3.05, 3.63) is 88.7 Å². The Hall–Kier alpha value is -2.73. The van der Waals surface area contributed by atoms with Crippen LogP contribution >= 0.6 is 11.6 Å². The number of aromatic nitrogens is 1. The van der Waals surface area contributed by atoms with Gasteiger partial charge in [-0.2, -0.15) is 0 Å². The van der Waals surface area contributed by atoms with Gasteiger partial charge in [0, 0.05) is 37.5 Å². The fourth-order valence-electron chi connectivity index (χ4n) is 2.94. The highest BCUT2D eigenvalue weighted by molar-refractivity contribution is 6.30. The number of hydrogen-bond acceptors (Lipinski definition) is 4. The van der Waals surface area contributed by atoms with E-state index in [9.17, 15) is 4.79 Å². The number of halogens is 1. The summed E-state index contributed by atoms with van der Waals surface area (Å²) in [6, 6.07) is 19.0. The van der Waals surface area contributed by atoms with Gasteiger partial charge in [-0.05, 0) is 53.4 Å². The number of pyridine rings is 1. The van der Waals surface area contributed by atoms with Crippen molar-refractivity contribution in [2.24, 2.45) is 0 Å². The van der Waals surface area contributed by atoms with E-state index >= 15 is 0 Å². The first kappa shape index (κ1) is 21.0. The fraction of sp³-hybridized carbons (Fsp3) is 0.217. The lowest BCUT2D eigenvalue weighted by atomic mass is 10.0. The summed E-state index contributed by atoms with van der Waals surface area (Å²) in [5.41, 5.74) is 4.46. The minimum Gasteiger partial charge on any atom is -0.352 e. The van der Waals surface area contributed by atoms with Crippen molar-refractivity contribution in [2.45, 2.75) is 12.7 Å². The molecule has 1 N–H and O–H groups in total. The van der Waals surface area contributed by atoms with Crippen molar-refractivity contribution in [3.8, 4) is 11.1 Å². The van der Waals surface area contributed by atoms with Crippen molar-refractivity contribution in [1.29, 1.82) is 0 Å². The Morgan fingerprint density at radius 2 is 1.59 bits per heavy atom. The van der Waals surface area contributed by atoms with Gasteiger partial charge in [-0.15, -0.1) is 0 Å². The minimum atomic E-state index is -0.473. The van der Waals surface area contributed by atoms with Crippen LogP contribution in [0.4, 0.5) is 0 Å². The third-order valence-electron chi connectivity index (χ3n) is 4.54. The van der Waals surface area contributed by atoms with E-state index < -0.39 is 6.29 Å². The van der Waals surface area contributed by atoms with Gasteiger partial charge in [0.1, 0.15) is 0 Å². The second kappa shape index (κ2) is 10.2. The lowest BCUT2D eigenvalue weighted by Gasteiger charge is -2.13. The molecule has 0 radical (unpaired) electrons. The largest absolute Gasteiger partial charge is 0.352 e. The molecule has 3 rings (SSSR count). The first-order chi connectivity index (χ1) is 14.1. The highest BCUT2D eigenvalue weighted by Crippen LogP contribution is 2.22. The van der Waals surface area contributed by atoms with Gasteiger partial charge in [-0.1, -0.05) is 41.9 Å². The summed E-state index contributed by atoms with van der Waals surface area (Å²) < 4.78 is 10.4. The molecule has 29 heavy (non-hydrogen) atoms. The summed E-state index contributed by atoms with van der Waals surface area (Å²) in [6.07, 6.45) is 1.99. The molecule has 2 aromatic carbocycles. The van der Waals surface area contributed by atoms with Crippen LogP contribution in [0.25, 0.3) is 11.1 Å². The van der Waals surface area contributed by atoms with Crippen LogP contribution < -0.4 is 5.32 Å². The molecule has 0 saturated carbocycles. The van der Waals surface area contributed by atoms with Crippen LogP contribution in [0.3, 0.4) is 0 Å². The first-order valence-electron chi connectivity index (χ1n) is 9.25. The Balaban J connectivity index is 1.52. The van der Waals surface area contributed by atoms with Crippen LogP contribution in [0.5, 0.6) is 0 Å². The van der Waals surface area contributed by atoms with Gasteiger partial charge in [0.15, 0.2) is 0 Å². The maximum Gasteiger partial charge on any atom is 0.251 e. The van der Waals surface area contributed by atoms with Crippen LogP contribution in [0.15, 0.2) is 66.9 Å². The number of hydrogen-bond donors (Lipinski definition) is 1. The van der Waals surface area contributed by atoms with Crippen molar-refractivity contribution < 1.29 is 14.3 Å². The zero-order valence-corrected chi connectivity index (χ0v) is 17.1. The number of ether oxygens (including phenoxy) is 2. The van der Waals surface area contributed by atoms with E-state index in [-0.39, 0.29) is 5.91 Å². The standard InChI is InChI=1S/C23H23ClN2O3/c1-28-23(29-2)21-12-3-16(15-26-21)13-14-25-22(27)19-6-4-17(5-7-19)18-8-10-20(24)11-9-18/h3-12,15,23H,13-14H2,1-2H3,(H,25,27). The van der Waals surface area contributed by atoms with E-state index in [4.69, 9.17) is 21.1 Å². The van der Waals surface area contributed by atoms with Gasteiger partial charge < -0.3 is 14.8 Å². The number of methoxy groups -OCH3 is 2. The zero-order chi connectivity index (χ0) is 20.6. The molecule has 0 spiro atoms. The van der Waals surface area contributed by atoms with Gasteiger partial charge in [-0.25, -0.2) is 0 Å². The molecule has 6 heteroatoms. The molecule has 1 aromatic heterocycles. The predicted octanol–water partition coefficient (Wildman–Crippen LogP) is 4.67. The minimum absolute atomic E-state index is 0.101. The Morgan fingerprint density at radius 3 is 2.14 bits per heavy atom. The summed E-state index contributed by atoms with van der Waals surface area (Å²) in [4.78, 5) is 16.7. The molecule has 1 amide bonds. The molecule has 0 aliphatic rings. The molecule has 0 aliphatic heterocycles. The smallest absolute Gasteiger partial charge is 0.251 e. The Kier molecular flexibility index (Phi) is 7.36. The summed E-state index contributed by atoms with van der Waals surface area (Å²) in [6.45, 7) is 0.525. The topological polar surface area (TPSA) is 60.5 Å². The number of rotatable bonds is 8. The number of carbonyl (C=O) groups excluding carboxylic acids is 1. The van der Waals surface area contributed by atoms with E-state index in [1.807, 2.05) is 60.7 Å². The van der Waals surface area contributed by atoms with E-state index in [1.54, 1.807) is 20.4 Å². The van der Waals surface area contributed by atoms with Gasteiger partial charge in [-0.3, -0.25) is 9.78 Å². The first-order valence-corrected chi connectivity index (χ1v) is 9.63. The number of amides is 1. The molecule has 0 aliphatic carbocycles. The number of nitrogens with zero attached hydrogens (tertiary/aromatic N) is 1. The molecule has 0 bridgehead atoms. The summed E-state index contributed by atoms with van der Waals surface area (Å²) in [5.74, 6) is -0.101. The van der Waals surface area contributed by atoms with Crippen LogP contribution in [-0.4, -0.2) is 31.7 Å². The molecule has 150 valence electrons. The number of carbonyl (C=O) groups is 1. The molecular weight excluding hydrogens is 388 g/mol. The van der Waals surface area contributed by atoms with E-state index in [1.165, 1.54) is 0 Å². The maximum absolute atomic E-state index is 12.4. The molecule has 0 unspecified atom stereocenters. The SMILES string of the molecule is COC(OC)c1ccc(CCNC(=O)c2ccc(-c3ccc(Cl)cc3)cc2)cn1. The van der Waals surface area contributed by atoms with Gasteiger partial charge in [0.2, 0.25) is 6.29 Å². The Morgan fingerprint density at radius 1 is 0.966 bits per heavy atom. The average molecular weight is 411 g/mol. The average Bonchev–Trinajstić information content (AvgIpc) is 2.76. The molecule has 0 fully saturated rings. The van der Waals surface area contributed by atoms with E-state index in [2.05, 4.69) is 10.3 Å². The second-order valence-corrected chi connectivity index (χ2v) is 6.92. The molecule has 0 atom stereocenters. The Labute approximate surface area is 175 Å². The second-order valence-electron chi connectivity index (χ2n) is 6.48. The van der Waals surface area contributed by atoms with Crippen LogP contribution in [0, 0.1) is 0 Å². The normalized spacial score (nSPS) is 10.9. The van der Waals surface area contributed by atoms with Gasteiger partial charge in [0.25, 0.3) is 5.91 Å². The summed E-state index contributed by atoms with van der Waals surface area (Å²) in [5, 5.41) is 3.64. The Bertz CT molecular complexity index is 922. The third-order valence-corrected chi connectivity index (χ3v) is 4.79. The van der Waals surface area contributed by atoms with Crippen molar-refractivity contribution >= 4 is 17.5 Å². The van der Waals surface area contributed by atoms with Crippen molar-refractivity contribution in [3.63, 3.8) is 0 Å². The molecule has 1 heterocycles. The van der Waals surface area contributed by atoms with E-state index in [0.717, 1.165) is 16.7 Å². The predicted molar refractivity (Wildman–Crippen MR) is 114 cm³/mol. The van der Waals surface area contributed by atoms with Crippen LogP contribution in [0.1, 0.15) is 27.9 Å². The van der Waals surface area contributed by atoms with Gasteiger partial charge >= 0.3 is 0 Å². The van der Waals surface area contributed by atoms with E-state index in [0.29, 0.717) is 29.2 Å². The van der Waals surface area contributed by atoms with Gasteiger partial charge in [0.05, 0.1) is 5.69 Å². The fourth-order valence-corrected chi connectivity index (χ4v) is 3.07. The molecule has 0 saturated heterocycles. The highest BCUT2D eigenvalue weighted by atomic mass is 35.5. The van der Waals surface area contributed by atoms with Crippen LogP contribution in [0.2, 0.25) is 5.02 Å². The maximum atomic E-state index is 12.4. The lowest BCUT2D eigenvalue weighted by molar-refractivity contribution is -0.108. The quantitative estimate of drug-likeness (QED) is 0.548. The van der Waals surface area contributed by atoms with Crippen LogP contribution in [-0.2, 0) is 15.9 Å². The monoisotopic (exact) mass is 410 g/mol. The molecule has 3 aromatic rings. The molecule has 5 nitrogen and oxygen atoms in total. The third kappa shape index (κ3) is 5.64. The molecular formula is C23H23ClN2O3.